The molecule has 0 spiro atoms. The topological polar surface area (TPSA) is 120 Å². The predicted molar refractivity (Wildman–Crippen MR) is 64.1 cm³/mol. The van der Waals surface area contributed by atoms with Gasteiger partial charge in [-0.2, -0.15) is 0 Å². The summed E-state index contributed by atoms with van der Waals surface area (Å²) in [5, 5.41) is 13.2. The van der Waals surface area contributed by atoms with Crippen molar-refractivity contribution in [1.82, 2.24) is 10.3 Å². The van der Waals surface area contributed by atoms with E-state index in [9.17, 15) is 14.9 Å². The standard InChI is InChI=1S/C10H14N4O4/c1-2-18-4-3-12-10(15)7-5-9(11)13-6-8(7)14(16)17/h5-6H,2-4H2,1H3,(H2,11,13)(H,12,15). The fourth-order valence-corrected chi connectivity index (χ4v) is 1.27. The molecule has 1 aromatic rings. The van der Waals surface area contributed by atoms with E-state index in [2.05, 4.69) is 10.3 Å². The minimum absolute atomic E-state index is 0.0514. The number of nitrogen functional groups attached to an aromatic ring is 1. The molecule has 0 aromatic carbocycles. The van der Waals surface area contributed by atoms with Gasteiger partial charge in [-0.15, -0.1) is 0 Å². The number of amides is 1. The number of nitrogens with two attached hydrogens (primary N) is 1. The second-order valence-electron chi connectivity index (χ2n) is 3.34. The van der Waals surface area contributed by atoms with Crippen molar-refractivity contribution in [3.8, 4) is 0 Å². The highest BCUT2D eigenvalue weighted by atomic mass is 16.6. The van der Waals surface area contributed by atoms with Gasteiger partial charge in [0.2, 0.25) is 0 Å². The van der Waals surface area contributed by atoms with E-state index in [4.69, 9.17) is 10.5 Å². The first-order valence-corrected chi connectivity index (χ1v) is 5.32. The normalized spacial score (nSPS) is 10.1. The van der Waals surface area contributed by atoms with Crippen molar-refractivity contribution in [3.63, 3.8) is 0 Å². The molecule has 0 atom stereocenters. The van der Waals surface area contributed by atoms with Crippen molar-refractivity contribution >= 4 is 17.4 Å². The van der Waals surface area contributed by atoms with E-state index < -0.39 is 10.8 Å². The van der Waals surface area contributed by atoms with E-state index in [-0.39, 0.29) is 23.6 Å². The van der Waals surface area contributed by atoms with Crippen LogP contribution in [0.3, 0.4) is 0 Å². The molecule has 0 aliphatic heterocycles. The Bertz CT molecular complexity index is 450. The Morgan fingerprint density at radius 3 is 3.00 bits per heavy atom. The van der Waals surface area contributed by atoms with Gasteiger partial charge in [-0.3, -0.25) is 14.9 Å². The summed E-state index contributed by atoms with van der Waals surface area (Å²) in [5.41, 5.74) is 4.92. The molecule has 0 radical (unpaired) electrons. The van der Waals surface area contributed by atoms with Gasteiger partial charge in [0.05, 0.1) is 11.5 Å². The molecule has 0 saturated carbocycles. The molecule has 1 amide bonds. The monoisotopic (exact) mass is 254 g/mol. The number of ether oxygens (including phenoxy) is 1. The molecular formula is C10H14N4O4. The zero-order chi connectivity index (χ0) is 13.5. The number of carbonyl (C=O) groups excluding carboxylic acids is 1. The summed E-state index contributed by atoms with van der Waals surface area (Å²) >= 11 is 0. The van der Waals surface area contributed by atoms with Crippen molar-refractivity contribution in [2.45, 2.75) is 6.92 Å². The van der Waals surface area contributed by atoms with Crippen LogP contribution in [-0.4, -0.2) is 35.6 Å². The van der Waals surface area contributed by atoms with Crippen molar-refractivity contribution in [3.05, 3.63) is 27.9 Å². The third kappa shape index (κ3) is 3.67. The van der Waals surface area contributed by atoms with Crippen LogP contribution >= 0.6 is 0 Å². The average molecular weight is 254 g/mol. The summed E-state index contributed by atoms with van der Waals surface area (Å²) in [7, 11) is 0. The molecule has 1 rings (SSSR count). The number of carbonyl (C=O) groups is 1. The van der Waals surface area contributed by atoms with E-state index in [0.29, 0.717) is 13.2 Å². The molecule has 3 N–H and O–H groups in total. The van der Waals surface area contributed by atoms with Gasteiger partial charge in [0.25, 0.3) is 11.6 Å². The van der Waals surface area contributed by atoms with Crippen LogP contribution in [0.15, 0.2) is 12.3 Å². The quantitative estimate of drug-likeness (QED) is 0.429. The van der Waals surface area contributed by atoms with Gasteiger partial charge >= 0.3 is 0 Å². The van der Waals surface area contributed by atoms with Gasteiger partial charge < -0.3 is 15.8 Å². The van der Waals surface area contributed by atoms with Gasteiger partial charge in [-0.25, -0.2) is 4.98 Å². The van der Waals surface area contributed by atoms with Gasteiger partial charge in [0.1, 0.15) is 17.6 Å². The van der Waals surface area contributed by atoms with Gasteiger partial charge in [0.15, 0.2) is 0 Å². The highest BCUT2D eigenvalue weighted by molar-refractivity contribution is 5.98. The number of aromatic nitrogens is 1. The molecule has 1 heterocycles. The molecule has 8 heteroatoms. The van der Waals surface area contributed by atoms with Crippen LogP contribution in [-0.2, 0) is 4.74 Å². The summed E-state index contributed by atoms with van der Waals surface area (Å²) in [6.07, 6.45) is 0.965. The number of pyridine rings is 1. The van der Waals surface area contributed by atoms with Gasteiger partial charge in [-0.1, -0.05) is 0 Å². The molecule has 1 aromatic heterocycles. The molecule has 0 bridgehead atoms. The first-order chi connectivity index (χ1) is 8.56. The molecule has 8 nitrogen and oxygen atoms in total. The summed E-state index contributed by atoms with van der Waals surface area (Å²) in [5.74, 6) is -0.522. The average Bonchev–Trinajstić information content (AvgIpc) is 2.34. The van der Waals surface area contributed by atoms with Crippen LogP contribution in [0.25, 0.3) is 0 Å². The molecular weight excluding hydrogens is 240 g/mol. The van der Waals surface area contributed by atoms with E-state index >= 15 is 0 Å². The van der Waals surface area contributed by atoms with Crippen molar-refractivity contribution in [1.29, 1.82) is 0 Å². The van der Waals surface area contributed by atoms with E-state index in [0.717, 1.165) is 6.20 Å². The number of hydrogen-bond donors (Lipinski definition) is 2. The van der Waals surface area contributed by atoms with Gasteiger partial charge in [0, 0.05) is 13.2 Å². The summed E-state index contributed by atoms with van der Waals surface area (Å²) in [6.45, 7) is 2.98. The summed E-state index contributed by atoms with van der Waals surface area (Å²) in [4.78, 5) is 25.4. The van der Waals surface area contributed by atoms with E-state index in [1.165, 1.54) is 6.07 Å². The minimum atomic E-state index is -0.677. The van der Waals surface area contributed by atoms with Crippen LogP contribution in [0, 0.1) is 10.1 Å². The Hall–Kier alpha value is -2.22. The summed E-state index contributed by atoms with van der Waals surface area (Å²) in [6, 6.07) is 1.17. The van der Waals surface area contributed by atoms with E-state index in [1.807, 2.05) is 6.92 Å². The fraction of sp³-hybridized carbons (Fsp3) is 0.400. The maximum Gasteiger partial charge on any atom is 0.300 e. The lowest BCUT2D eigenvalue weighted by Gasteiger charge is -2.06. The summed E-state index contributed by atoms with van der Waals surface area (Å²) < 4.78 is 5.04. The highest BCUT2D eigenvalue weighted by Gasteiger charge is 2.20. The molecule has 0 fully saturated rings. The fourth-order valence-electron chi connectivity index (χ4n) is 1.27. The van der Waals surface area contributed by atoms with Crippen molar-refractivity contribution in [2.24, 2.45) is 0 Å². The second-order valence-corrected chi connectivity index (χ2v) is 3.34. The Kier molecular flexibility index (Phi) is 5.00. The Morgan fingerprint density at radius 2 is 2.39 bits per heavy atom. The zero-order valence-corrected chi connectivity index (χ0v) is 9.88. The largest absolute Gasteiger partial charge is 0.384 e. The van der Waals surface area contributed by atoms with Crippen LogP contribution in [0.2, 0.25) is 0 Å². The number of nitrogens with zero attached hydrogens (tertiary/aromatic N) is 2. The van der Waals surface area contributed by atoms with Crippen LogP contribution < -0.4 is 11.1 Å². The predicted octanol–water partition coefficient (Wildman–Crippen LogP) is 0.338. The first-order valence-electron chi connectivity index (χ1n) is 5.32. The maximum absolute atomic E-state index is 11.7. The number of rotatable bonds is 6. The molecule has 0 aliphatic carbocycles. The van der Waals surface area contributed by atoms with Crippen molar-refractivity contribution < 1.29 is 14.5 Å². The lowest BCUT2D eigenvalue weighted by atomic mass is 10.2. The number of nitro groups is 1. The van der Waals surface area contributed by atoms with Crippen molar-refractivity contribution in [2.75, 3.05) is 25.5 Å². The minimum Gasteiger partial charge on any atom is -0.384 e. The number of hydrogen-bond acceptors (Lipinski definition) is 6. The molecule has 0 unspecified atom stereocenters. The smallest absolute Gasteiger partial charge is 0.300 e. The van der Waals surface area contributed by atoms with Crippen LogP contribution in [0.5, 0.6) is 0 Å². The third-order valence-electron chi connectivity index (χ3n) is 2.08. The highest BCUT2D eigenvalue weighted by Crippen LogP contribution is 2.18. The van der Waals surface area contributed by atoms with Gasteiger partial charge in [-0.05, 0) is 13.0 Å². The third-order valence-corrected chi connectivity index (χ3v) is 2.08. The van der Waals surface area contributed by atoms with Crippen LogP contribution in [0.1, 0.15) is 17.3 Å². The Balaban J connectivity index is 2.77. The molecule has 18 heavy (non-hydrogen) atoms. The molecule has 0 aliphatic rings. The second kappa shape index (κ2) is 6.50. The van der Waals surface area contributed by atoms with E-state index in [1.54, 1.807) is 0 Å². The van der Waals surface area contributed by atoms with Crippen LogP contribution in [0.4, 0.5) is 11.5 Å². The number of anilines is 1. The lowest BCUT2D eigenvalue weighted by Crippen LogP contribution is -2.28. The lowest BCUT2D eigenvalue weighted by molar-refractivity contribution is -0.385. The number of nitrogens with one attached hydrogen (secondary N) is 1. The Labute approximate surface area is 103 Å². The molecule has 98 valence electrons. The zero-order valence-electron chi connectivity index (χ0n) is 9.88. The molecule has 0 saturated heterocycles. The first kappa shape index (κ1) is 13.8. The Morgan fingerprint density at radius 1 is 1.67 bits per heavy atom. The maximum atomic E-state index is 11.7. The SMILES string of the molecule is CCOCCNC(=O)c1cc(N)ncc1[N+](=O)[O-].